The van der Waals surface area contributed by atoms with Crippen molar-refractivity contribution in [3.8, 4) is 0 Å². The topological polar surface area (TPSA) is 127 Å². The van der Waals surface area contributed by atoms with E-state index < -0.39 is 35.5 Å². The Labute approximate surface area is 181 Å². The number of nitrogens with two attached hydrogens (primary N) is 1. The number of rotatable bonds is 10. The number of epoxide rings is 1. The number of carbonyl (C=O) groups is 3. The van der Waals surface area contributed by atoms with Gasteiger partial charge in [-0.15, -0.1) is 0 Å². The first-order chi connectivity index (χ1) is 14.8. The van der Waals surface area contributed by atoms with E-state index in [0.717, 1.165) is 5.56 Å². The lowest BCUT2D eigenvalue weighted by Gasteiger charge is -2.24. The van der Waals surface area contributed by atoms with Crippen molar-refractivity contribution in [2.75, 3.05) is 6.61 Å². The monoisotopic (exact) mass is 424 g/mol. The van der Waals surface area contributed by atoms with Crippen LogP contribution in [0, 0.1) is 0 Å². The Balaban J connectivity index is 1.79. The van der Waals surface area contributed by atoms with Gasteiger partial charge in [0.15, 0.2) is 5.78 Å². The second-order valence-electron chi connectivity index (χ2n) is 8.01. The molecule has 0 aliphatic carbocycles. The van der Waals surface area contributed by atoms with Crippen molar-refractivity contribution in [2.24, 2.45) is 5.73 Å². The van der Waals surface area contributed by atoms with Crippen molar-refractivity contribution in [3.05, 3.63) is 66.0 Å². The van der Waals surface area contributed by atoms with Gasteiger partial charge in [0.05, 0.1) is 18.7 Å². The molecule has 1 saturated heterocycles. The Hall–Kier alpha value is -3.10. The van der Waals surface area contributed by atoms with E-state index in [1.54, 1.807) is 31.3 Å². The second kappa shape index (κ2) is 9.80. The molecule has 3 rings (SSSR count). The van der Waals surface area contributed by atoms with E-state index in [2.05, 4.69) is 15.6 Å². The van der Waals surface area contributed by atoms with Crippen molar-refractivity contribution in [3.63, 3.8) is 0 Å². The van der Waals surface area contributed by atoms with Gasteiger partial charge < -0.3 is 21.1 Å². The number of ketones is 1. The summed E-state index contributed by atoms with van der Waals surface area (Å²) in [5.41, 5.74) is 6.32. The Morgan fingerprint density at radius 3 is 2.26 bits per heavy atom. The third-order valence-corrected chi connectivity index (χ3v) is 5.20. The summed E-state index contributed by atoms with van der Waals surface area (Å²) in [6.45, 7) is 3.58. The third kappa shape index (κ3) is 6.19. The van der Waals surface area contributed by atoms with Gasteiger partial charge in [0.25, 0.3) is 0 Å². The highest BCUT2D eigenvalue weighted by atomic mass is 16.6. The number of aromatic nitrogens is 1. The average molecular weight is 425 g/mol. The average Bonchev–Trinajstić information content (AvgIpc) is 3.52. The van der Waals surface area contributed by atoms with E-state index >= 15 is 0 Å². The van der Waals surface area contributed by atoms with Gasteiger partial charge in [0.1, 0.15) is 11.6 Å². The molecule has 2 aromatic rings. The molecule has 1 aliphatic rings. The molecule has 1 aromatic carbocycles. The summed E-state index contributed by atoms with van der Waals surface area (Å²) in [7, 11) is 0. The van der Waals surface area contributed by atoms with Crippen LogP contribution in [-0.4, -0.2) is 52.9 Å². The highest BCUT2D eigenvalue weighted by molar-refractivity contribution is 5.98. The molecule has 164 valence electrons. The first kappa shape index (κ1) is 22.6. The van der Waals surface area contributed by atoms with Gasteiger partial charge in [0, 0.05) is 18.3 Å². The molecule has 1 aliphatic heterocycles. The third-order valence-electron chi connectivity index (χ3n) is 5.20. The molecule has 0 spiro atoms. The van der Waals surface area contributed by atoms with Gasteiger partial charge >= 0.3 is 0 Å². The fourth-order valence-electron chi connectivity index (χ4n) is 3.19. The highest BCUT2D eigenvalue weighted by Crippen LogP contribution is 2.29. The molecule has 8 nitrogen and oxygen atoms in total. The van der Waals surface area contributed by atoms with Crippen LogP contribution in [-0.2, 0) is 32.0 Å². The second-order valence-corrected chi connectivity index (χ2v) is 8.01. The normalized spacial score (nSPS) is 20.2. The number of nitrogens with one attached hydrogen (secondary N) is 2. The standard InChI is InChI=1S/C23H28N4O4/c1-15(24)21(29)27-19(13-17-10-6-7-11-25-17)22(30)26-18(20(28)23(2)14-31-23)12-16-8-4-3-5-9-16/h3-11,15,18-19H,12-14,24H2,1-2H3,(H,26,30)(H,27,29). The number of ether oxygens (including phenoxy) is 1. The summed E-state index contributed by atoms with van der Waals surface area (Å²) in [5.74, 6) is -1.13. The maximum absolute atomic E-state index is 13.2. The van der Waals surface area contributed by atoms with Crippen molar-refractivity contribution in [1.82, 2.24) is 15.6 Å². The summed E-state index contributed by atoms with van der Waals surface area (Å²) in [4.78, 5) is 42.6. The van der Waals surface area contributed by atoms with Gasteiger partial charge in [0.2, 0.25) is 11.8 Å². The van der Waals surface area contributed by atoms with Gasteiger partial charge in [-0.2, -0.15) is 0 Å². The summed E-state index contributed by atoms with van der Waals surface area (Å²) < 4.78 is 5.31. The summed E-state index contributed by atoms with van der Waals surface area (Å²) in [5, 5.41) is 5.49. The Bertz CT molecular complexity index is 914. The predicted molar refractivity (Wildman–Crippen MR) is 115 cm³/mol. The molecule has 4 atom stereocenters. The smallest absolute Gasteiger partial charge is 0.243 e. The molecule has 0 bridgehead atoms. The maximum Gasteiger partial charge on any atom is 0.243 e. The minimum atomic E-state index is -0.924. The molecular formula is C23H28N4O4. The number of amides is 2. The lowest BCUT2D eigenvalue weighted by atomic mass is 9.94. The Morgan fingerprint density at radius 2 is 1.68 bits per heavy atom. The first-order valence-electron chi connectivity index (χ1n) is 10.3. The van der Waals surface area contributed by atoms with E-state index in [0.29, 0.717) is 18.7 Å². The number of nitrogens with zero attached hydrogens (tertiary/aromatic N) is 1. The van der Waals surface area contributed by atoms with Crippen LogP contribution in [0.15, 0.2) is 54.7 Å². The minimum Gasteiger partial charge on any atom is -0.361 e. The van der Waals surface area contributed by atoms with Crippen LogP contribution >= 0.6 is 0 Å². The van der Waals surface area contributed by atoms with Gasteiger partial charge in [-0.25, -0.2) is 0 Å². The molecule has 0 saturated carbocycles. The largest absolute Gasteiger partial charge is 0.361 e. The number of carbonyl (C=O) groups excluding carboxylic acids is 3. The van der Waals surface area contributed by atoms with Crippen molar-refractivity contribution < 1.29 is 19.1 Å². The van der Waals surface area contributed by atoms with Crippen molar-refractivity contribution in [2.45, 2.75) is 50.4 Å². The number of hydrogen-bond acceptors (Lipinski definition) is 6. The van der Waals surface area contributed by atoms with Crippen LogP contribution in [0.3, 0.4) is 0 Å². The number of benzene rings is 1. The first-order valence-corrected chi connectivity index (χ1v) is 10.3. The van der Waals surface area contributed by atoms with Crippen molar-refractivity contribution in [1.29, 1.82) is 0 Å². The highest BCUT2D eigenvalue weighted by Gasteiger charge is 2.50. The SMILES string of the molecule is CC(N)C(=O)NC(Cc1ccccn1)C(=O)NC(Cc1ccccc1)C(=O)C1(C)CO1. The lowest BCUT2D eigenvalue weighted by Crippen LogP contribution is -2.56. The quantitative estimate of drug-likeness (QED) is 0.478. The van der Waals surface area contributed by atoms with Crippen LogP contribution in [0.25, 0.3) is 0 Å². The summed E-state index contributed by atoms with van der Waals surface area (Å²) in [6.07, 6.45) is 2.11. The zero-order chi connectivity index (χ0) is 22.4. The molecular weight excluding hydrogens is 396 g/mol. The fourth-order valence-corrected chi connectivity index (χ4v) is 3.19. The van der Waals surface area contributed by atoms with E-state index in [1.165, 1.54) is 6.92 Å². The molecule has 8 heteroatoms. The molecule has 31 heavy (non-hydrogen) atoms. The molecule has 1 aromatic heterocycles. The predicted octanol–water partition coefficient (Wildman–Crippen LogP) is 0.542. The van der Waals surface area contributed by atoms with Crippen LogP contribution in [0.4, 0.5) is 0 Å². The molecule has 2 amide bonds. The van der Waals surface area contributed by atoms with Crippen LogP contribution < -0.4 is 16.4 Å². The van der Waals surface area contributed by atoms with Crippen LogP contribution in [0.2, 0.25) is 0 Å². The van der Waals surface area contributed by atoms with Crippen molar-refractivity contribution >= 4 is 17.6 Å². The molecule has 4 N–H and O–H groups in total. The number of pyridine rings is 1. The van der Waals surface area contributed by atoms with Gasteiger partial charge in [-0.3, -0.25) is 19.4 Å². The van der Waals surface area contributed by atoms with E-state index in [4.69, 9.17) is 10.5 Å². The molecule has 4 unspecified atom stereocenters. The zero-order valence-electron chi connectivity index (χ0n) is 17.7. The van der Waals surface area contributed by atoms with Crippen LogP contribution in [0.1, 0.15) is 25.1 Å². The van der Waals surface area contributed by atoms with Crippen LogP contribution in [0.5, 0.6) is 0 Å². The van der Waals surface area contributed by atoms with Gasteiger partial charge in [-0.1, -0.05) is 36.4 Å². The Kier molecular flexibility index (Phi) is 7.14. The molecule has 2 heterocycles. The van der Waals surface area contributed by atoms with Gasteiger partial charge in [-0.05, 0) is 38.0 Å². The minimum absolute atomic E-state index is 0.172. The number of hydrogen-bond donors (Lipinski definition) is 3. The Morgan fingerprint density at radius 1 is 1.03 bits per heavy atom. The fraction of sp³-hybridized carbons (Fsp3) is 0.391. The summed E-state index contributed by atoms with van der Waals surface area (Å²) in [6, 6.07) is 12.3. The zero-order valence-corrected chi connectivity index (χ0v) is 17.7. The molecule has 1 fully saturated rings. The lowest BCUT2D eigenvalue weighted by molar-refractivity contribution is -0.133. The maximum atomic E-state index is 13.2. The van der Waals surface area contributed by atoms with E-state index in [1.807, 2.05) is 30.3 Å². The molecule has 0 radical (unpaired) electrons. The van der Waals surface area contributed by atoms with E-state index in [-0.39, 0.29) is 12.2 Å². The summed E-state index contributed by atoms with van der Waals surface area (Å²) >= 11 is 0. The van der Waals surface area contributed by atoms with E-state index in [9.17, 15) is 14.4 Å². The number of Topliss-reactive ketones (excluding diaryl/α,β-unsaturated/α-hetero) is 1.